The lowest BCUT2D eigenvalue weighted by atomic mass is 9.74. The number of anilines is 2. The van der Waals surface area contributed by atoms with E-state index in [0.29, 0.717) is 36.8 Å². The second kappa shape index (κ2) is 11.1. The van der Waals surface area contributed by atoms with Gasteiger partial charge in [-0.1, -0.05) is 24.3 Å². The number of nitrogens with zero attached hydrogens (tertiary/aromatic N) is 3. The Kier molecular flexibility index (Phi) is 7.54. The number of carbonyl (C=O) groups excluding carboxylic acids is 3. The zero-order chi connectivity index (χ0) is 30.5. The Morgan fingerprint density at radius 3 is 2.05 bits per heavy atom. The highest BCUT2D eigenvalue weighted by atomic mass is 32.2. The van der Waals surface area contributed by atoms with Crippen LogP contribution in [0.25, 0.3) is 0 Å². The minimum Gasteiger partial charge on any atom is -0.497 e. The Balaban J connectivity index is 1.43. The molecule has 0 aromatic heterocycles. The van der Waals surface area contributed by atoms with E-state index in [1.54, 1.807) is 36.0 Å². The minimum atomic E-state index is -1.000. The molecule has 1 N–H and O–H groups in total. The number of aliphatic hydroxyl groups is 1. The van der Waals surface area contributed by atoms with Crippen molar-refractivity contribution in [1.82, 2.24) is 4.90 Å². The van der Waals surface area contributed by atoms with Crippen LogP contribution in [0.3, 0.4) is 0 Å². The molecule has 4 heterocycles. The van der Waals surface area contributed by atoms with Crippen LogP contribution in [0.2, 0.25) is 0 Å². The number of aliphatic hydroxyl groups excluding tert-OH is 1. The molecule has 226 valence electrons. The number of hydrogen-bond donors (Lipinski definition) is 1. The molecular weight excluding hydrogens is 566 g/mol. The van der Waals surface area contributed by atoms with Crippen molar-refractivity contribution in [2.24, 2.45) is 11.8 Å². The summed E-state index contributed by atoms with van der Waals surface area (Å²) in [6.45, 7) is 6.59. The average Bonchev–Trinajstić information content (AvgIpc) is 3.29. The fourth-order valence-electron chi connectivity index (χ4n) is 7.14. The van der Waals surface area contributed by atoms with Crippen molar-refractivity contribution < 1.29 is 29.0 Å². The smallest absolute Gasteiger partial charge is 0.251 e. The Morgan fingerprint density at radius 1 is 0.884 bits per heavy atom. The molecule has 6 rings (SSSR count). The van der Waals surface area contributed by atoms with Gasteiger partial charge < -0.3 is 29.3 Å². The third kappa shape index (κ3) is 4.53. The summed E-state index contributed by atoms with van der Waals surface area (Å²) >= 11 is 1.53. The van der Waals surface area contributed by atoms with Crippen LogP contribution in [0.1, 0.15) is 20.8 Å². The summed E-state index contributed by atoms with van der Waals surface area (Å²) in [5.74, 6) is -0.802. The molecule has 4 aliphatic rings. The molecule has 2 fully saturated rings. The molecule has 2 aromatic carbocycles. The summed E-state index contributed by atoms with van der Waals surface area (Å²) in [4.78, 5) is 48.6. The molecule has 0 radical (unpaired) electrons. The van der Waals surface area contributed by atoms with Crippen LogP contribution in [0.15, 0.2) is 72.8 Å². The SMILES string of the molecule is CCOc1ccc(N2CC=C[C@@]3(C)S[C@]45C=CCN(c6ccc(OC)cc6)C(=O)C4N([C@H](C)CO)C(=O)[C@@H]5[C@H]3C2=O)cc1. The van der Waals surface area contributed by atoms with Crippen LogP contribution in [0.4, 0.5) is 11.4 Å². The van der Waals surface area contributed by atoms with Gasteiger partial charge in [-0.25, -0.2) is 0 Å². The van der Waals surface area contributed by atoms with Gasteiger partial charge in [0.15, 0.2) is 0 Å². The summed E-state index contributed by atoms with van der Waals surface area (Å²) in [5, 5.41) is 10.2. The van der Waals surface area contributed by atoms with Crippen molar-refractivity contribution in [2.45, 2.75) is 42.3 Å². The zero-order valence-corrected chi connectivity index (χ0v) is 25.6. The van der Waals surface area contributed by atoms with E-state index in [9.17, 15) is 19.5 Å². The fraction of sp³-hybridized carbons (Fsp3) is 0.424. The highest BCUT2D eigenvalue weighted by Crippen LogP contribution is 2.66. The number of fused-ring (bicyclic) bond motifs is 2. The van der Waals surface area contributed by atoms with E-state index in [1.807, 2.05) is 74.5 Å². The molecule has 6 atom stereocenters. The summed E-state index contributed by atoms with van der Waals surface area (Å²) in [7, 11) is 1.59. The van der Waals surface area contributed by atoms with Gasteiger partial charge in [0.25, 0.3) is 5.91 Å². The lowest BCUT2D eigenvalue weighted by molar-refractivity contribution is -0.141. The topological polar surface area (TPSA) is 99.6 Å². The Bertz CT molecular complexity index is 1480. The first-order valence-electron chi connectivity index (χ1n) is 14.7. The summed E-state index contributed by atoms with van der Waals surface area (Å²) in [6, 6.07) is 13.1. The van der Waals surface area contributed by atoms with E-state index in [0.717, 1.165) is 5.75 Å². The molecule has 1 unspecified atom stereocenters. The van der Waals surface area contributed by atoms with Crippen molar-refractivity contribution in [3.63, 3.8) is 0 Å². The molecule has 0 aliphatic carbocycles. The highest BCUT2D eigenvalue weighted by Gasteiger charge is 2.74. The van der Waals surface area contributed by atoms with Crippen LogP contribution in [0.5, 0.6) is 11.5 Å². The number of carbonyl (C=O) groups is 3. The third-order valence-electron chi connectivity index (χ3n) is 9.08. The second-order valence-corrected chi connectivity index (χ2v) is 13.4. The molecule has 0 saturated carbocycles. The molecule has 4 aliphatic heterocycles. The van der Waals surface area contributed by atoms with Gasteiger partial charge in [-0.2, -0.15) is 0 Å². The number of methoxy groups -OCH3 is 1. The van der Waals surface area contributed by atoms with Crippen LogP contribution < -0.4 is 19.3 Å². The van der Waals surface area contributed by atoms with Crippen LogP contribution in [-0.4, -0.2) is 82.7 Å². The first-order chi connectivity index (χ1) is 20.7. The molecular formula is C33H37N3O6S. The Hall–Kier alpha value is -3.76. The van der Waals surface area contributed by atoms with E-state index >= 15 is 0 Å². The summed E-state index contributed by atoms with van der Waals surface area (Å²) in [5.41, 5.74) is 1.40. The number of thioether (sulfide) groups is 1. The highest BCUT2D eigenvalue weighted by molar-refractivity contribution is 8.02. The molecule has 2 aromatic rings. The van der Waals surface area contributed by atoms with Crippen molar-refractivity contribution >= 4 is 40.9 Å². The van der Waals surface area contributed by atoms with Crippen molar-refractivity contribution in [1.29, 1.82) is 0 Å². The van der Waals surface area contributed by atoms with Gasteiger partial charge in [0.1, 0.15) is 17.5 Å². The van der Waals surface area contributed by atoms with Gasteiger partial charge in [-0.15, -0.1) is 11.8 Å². The monoisotopic (exact) mass is 603 g/mol. The number of amides is 3. The molecule has 3 amide bonds. The van der Waals surface area contributed by atoms with E-state index in [4.69, 9.17) is 9.47 Å². The maximum absolute atomic E-state index is 14.6. The van der Waals surface area contributed by atoms with Gasteiger partial charge in [0.05, 0.1) is 42.9 Å². The van der Waals surface area contributed by atoms with Crippen molar-refractivity contribution in [2.75, 3.05) is 43.2 Å². The lowest BCUT2D eigenvalue weighted by Crippen LogP contribution is -2.56. The maximum Gasteiger partial charge on any atom is 0.251 e. The predicted octanol–water partition coefficient (Wildman–Crippen LogP) is 3.67. The van der Waals surface area contributed by atoms with E-state index in [-0.39, 0.29) is 24.3 Å². The van der Waals surface area contributed by atoms with Gasteiger partial charge in [0.2, 0.25) is 11.8 Å². The average molecular weight is 604 g/mol. The number of ether oxygens (including phenoxy) is 2. The minimum absolute atomic E-state index is 0.159. The number of likely N-dealkylation sites (tertiary alicyclic amines) is 1. The van der Waals surface area contributed by atoms with Gasteiger partial charge in [0, 0.05) is 29.2 Å². The first-order valence-corrected chi connectivity index (χ1v) is 15.5. The normalized spacial score (nSPS) is 30.5. The molecule has 2 saturated heterocycles. The van der Waals surface area contributed by atoms with Crippen molar-refractivity contribution in [3.8, 4) is 11.5 Å². The van der Waals surface area contributed by atoms with Crippen LogP contribution in [-0.2, 0) is 14.4 Å². The van der Waals surface area contributed by atoms with E-state index in [2.05, 4.69) is 0 Å². The molecule has 9 nitrogen and oxygen atoms in total. The summed E-state index contributed by atoms with van der Waals surface area (Å²) in [6.07, 6.45) is 7.95. The molecule has 1 spiro atoms. The van der Waals surface area contributed by atoms with Crippen molar-refractivity contribution in [3.05, 3.63) is 72.8 Å². The molecule has 43 heavy (non-hydrogen) atoms. The van der Waals surface area contributed by atoms with Crippen LogP contribution in [0, 0.1) is 11.8 Å². The van der Waals surface area contributed by atoms with Gasteiger partial charge in [-0.05, 0) is 69.3 Å². The summed E-state index contributed by atoms with van der Waals surface area (Å²) < 4.78 is 9.16. The first kappa shape index (κ1) is 29.3. The van der Waals surface area contributed by atoms with E-state index < -0.39 is 33.4 Å². The van der Waals surface area contributed by atoms with Gasteiger partial charge >= 0.3 is 0 Å². The fourth-order valence-corrected chi connectivity index (χ4v) is 9.28. The number of hydrogen-bond acceptors (Lipinski definition) is 7. The second-order valence-electron chi connectivity index (χ2n) is 11.6. The van der Waals surface area contributed by atoms with E-state index in [1.165, 1.54) is 16.7 Å². The largest absolute Gasteiger partial charge is 0.497 e. The third-order valence-corrected chi connectivity index (χ3v) is 10.9. The quantitative estimate of drug-likeness (QED) is 0.483. The number of benzene rings is 2. The molecule has 10 heteroatoms. The van der Waals surface area contributed by atoms with Crippen LogP contribution >= 0.6 is 11.8 Å². The molecule has 0 bridgehead atoms. The van der Waals surface area contributed by atoms with Gasteiger partial charge in [-0.3, -0.25) is 14.4 Å². The zero-order valence-electron chi connectivity index (χ0n) is 24.8. The maximum atomic E-state index is 14.6. The lowest BCUT2D eigenvalue weighted by Gasteiger charge is -2.38. The number of rotatable bonds is 7. The predicted molar refractivity (Wildman–Crippen MR) is 166 cm³/mol. The Labute approximate surface area is 256 Å². The standard InChI is InChI=1S/C33H37N3O6S/c1-5-42-25-14-10-22(11-15-25)34-18-6-16-32(3)26(29(34)38)27-30(39)36(21(2)20-37)28-31(40)35(19-7-17-33(27,28)43-32)23-8-12-24(41-4)13-9-23/h6-17,21,26-28,37H,5,18-20H2,1-4H3/t21-,26+,27+,28?,32-,33+/m1/s1. The Morgan fingerprint density at radius 2 is 1.47 bits per heavy atom.